The van der Waals surface area contributed by atoms with Crippen LogP contribution in [0.3, 0.4) is 0 Å². The Labute approximate surface area is 101 Å². The first-order valence-corrected chi connectivity index (χ1v) is 6.87. The smallest absolute Gasteiger partial charge is 0.0318 e. The molecule has 1 aliphatic heterocycles. The van der Waals surface area contributed by atoms with Gasteiger partial charge in [0.05, 0.1) is 0 Å². The molecule has 1 aromatic carbocycles. The third-order valence-corrected chi connectivity index (χ3v) is 3.75. The Morgan fingerprint density at radius 3 is 2.81 bits per heavy atom. The zero-order chi connectivity index (χ0) is 11.4. The van der Waals surface area contributed by atoms with Crippen LogP contribution in [0.15, 0.2) is 23.1 Å². The molecule has 0 aliphatic carbocycles. The van der Waals surface area contributed by atoms with Crippen molar-refractivity contribution in [1.29, 1.82) is 0 Å². The summed E-state index contributed by atoms with van der Waals surface area (Å²) in [5, 5.41) is 3.37. The quantitative estimate of drug-likeness (QED) is 0.616. The maximum Gasteiger partial charge on any atom is 0.0318 e. The largest absolute Gasteiger partial charge is 0.399 e. The fourth-order valence-corrected chi connectivity index (χ4v) is 2.62. The van der Waals surface area contributed by atoms with Crippen LogP contribution in [-0.4, -0.2) is 37.3 Å². The van der Waals surface area contributed by atoms with Crippen molar-refractivity contribution in [3.8, 4) is 0 Å². The van der Waals surface area contributed by atoms with Crippen LogP contribution in [0.25, 0.3) is 0 Å². The van der Waals surface area contributed by atoms with Crippen LogP contribution in [0.4, 0.5) is 5.69 Å². The Morgan fingerprint density at radius 2 is 2.12 bits per heavy atom. The molecule has 0 saturated carbocycles. The Morgan fingerprint density at radius 1 is 1.38 bits per heavy atom. The van der Waals surface area contributed by atoms with Crippen LogP contribution in [0.2, 0.25) is 0 Å². The molecule has 88 valence electrons. The van der Waals surface area contributed by atoms with E-state index in [0.717, 1.165) is 38.4 Å². The van der Waals surface area contributed by atoms with Crippen molar-refractivity contribution in [3.63, 3.8) is 0 Å². The fourth-order valence-electron chi connectivity index (χ4n) is 2.03. The van der Waals surface area contributed by atoms with Gasteiger partial charge < -0.3 is 11.1 Å². The van der Waals surface area contributed by atoms with Crippen molar-refractivity contribution in [2.75, 3.05) is 38.2 Å². The Balaban J connectivity index is 2.09. The first-order chi connectivity index (χ1) is 7.79. The number of nitrogens with two attached hydrogens (primary N) is 1. The van der Waals surface area contributed by atoms with Gasteiger partial charge in [0.2, 0.25) is 0 Å². The van der Waals surface area contributed by atoms with E-state index in [9.17, 15) is 0 Å². The molecule has 0 aromatic heterocycles. The molecule has 3 N–H and O–H groups in total. The van der Waals surface area contributed by atoms with E-state index in [1.165, 1.54) is 10.5 Å². The maximum absolute atomic E-state index is 5.85. The van der Waals surface area contributed by atoms with Crippen LogP contribution in [-0.2, 0) is 6.54 Å². The van der Waals surface area contributed by atoms with E-state index in [1.807, 2.05) is 6.07 Å². The first-order valence-electron chi connectivity index (χ1n) is 5.65. The van der Waals surface area contributed by atoms with Gasteiger partial charge in [-0.25, -0.2) is 0 Å². The number of nitrogens with one attached hydrogen (secondary N) is 1. The molecular formula is C12H19N3S. The predicted octanol–water partition coefficient (Wildman–Crippen LogP) is 1.40. The van der Waals surface area contributed by atoms with Crippen molar-refractivity contribution in [1.82, 2.24) is 10.2 Å². The second kappa shape index (κ2) is 5.57. The van der Waals surface area contributed by atoms with Crippen LogP contribution in [0, 0.1) is 0 Å². The Kier molecular flexibility index (Phi) is 4.09. The van der Waals surface area contributed by atoms with E-state index in [-0.39, 0.29) is 0 Å². The van der Waals surface area contributed by atoms with Gasteiger partial charge in [-0.2, -0.15) is 0 Å². The average molecular weight is 237 g/mol. The molecular weight excluding hydrogens is 218 g/mol. The number of piperazine rings is 1. The molecule has 0 atom stereocenters. The van der Waals surface area contributed by atoms with Gasteiger partial charge in [-0.15, -0.1) is 11.8 Å². The summed E-state index contributed by atoms with van der Waals surface area (Å²) in [6.07, 6.45) is 2.12. The molecule has 0 bridgehead atoms. The van der Waals surface area contributed by atoms with Gasteiger partial charge in [0.1, 0.15) is 0 Å². The molecule has 0 radical (unpaired) electrons. The number of rotatable bonds is 3. The maximum atomic E-state index is 5.85. The summed E-state index contributed by atoms with van der Waals surface area (Å²) in [5.74, 6) is 0. The summed E-state index contributed by atoms with van der Waals surface area (Å²) in [5.41, 5.74) is 8.07. The summed E-state index contributed by atoms with van der Waals surface area (Å²) >= 11 is 1.79. The van der Waals surface area contributed by atoms with Gasteiger partial charge in [-0.05, 0) is 30.0 Å². The topological polar surface area (TPSA) is 41.3 Å². The number of thioether (sulfide) groups is 1. The molecule has 1 saturated heterocycles. The van der Waals surface area contributed by atoms with Crippen molar-refractivity contribution in [3.05, 3.63) is 23.8 Å². The summed E-state index contributed by atoms with van der Waals surface area (Å²) < 4.78 is 0. The number of nitrogen functional groups attached to an aromatic ring is 1. The highest BCUT2D eigenvalue weighted by Crippen LogP contribution is 2.24. The van der Waals surface area contributed by atoms with Crippen molar-refractivity contribution in [2.24, 2.45) is 0 Å². The Bertz CT molecular complexity index is 348. The highest BCUT2D eigenvalue weighted by atomic mass is 32.2. The molecule has 4 heteroatoms. The summed E-state index contributed by atoms with van der Waals surface area (Å²) in [6, 6.07) is 6.21. The minimum atomic E-state index is 0.864. The minimum absolute atomic E-state index is 0.864. The van der Waals surface area contributed by atoms with Gasteiger partial charge in [-0.3, -0.25) is 4.90 Å². The molecule has 0 unspecified atom stereocenters. The lowest BCUT2D eigenvalue weighted by Crippen LogP contribution is -2.42. The number of hydrogen-bond acceptors (Lipinski definition) is 4. The van der Waals surface area contributed by atoms with E-state index < -0.39 is 0 Å². The SMILES string of the molecule is CSc1ccc(N)cc1CN1CCNCC1. The lowest BCUT2D eigenvalue weighted by atomic mass is 10.2. The zero-order valence-corrected chi connectivity index (χ0v) is 10.5. The molecule has 3 nitrogen and oxygen atoms in total. The lowest BCUT2D eigenvalue weighted by Gasteiger charge is -2.27. The molecule has 1 heterocycles. The summed E-state index contributed by atoms with van der Waals surface area (Å²) in [4.78, 5) is 3.82. The molecule has 1 fully saturated rings. The second-order valence-electron chi connectivity index (χ2n) is 4.10. The van der Waals surface area contributed by atoms with E-state index >= 15 is 0 Å². The summed E-state index contributed by atoms with van der Waals surface area (Å²) in [7, 11) is 0. The van der Waals surface area contributed by atoms with Gasteiger partial charge in [-0.1, -0.05) is 0 Å². The predicted molar refractivity (Wildman–Crippen MR) is 70.8 cm³/mol. The lowest BCUT2D eigenvalue weighted by molar-refractivity contribution is 0.232. The van der Waals surface area contributed by atoms with Crippen molar-refractivity contribution >= 4 is 17.4 Å². The third-order valence-electron chi connectivity index (χ3n) is 2.91. The molecule has 16 heavy (non-hydrogen) atoms. The van der Waals surface area contributed by atoms with Gasteiger partial charge in [0.15, 0.2) is 0 Å². The van der Waals surface area contributed by atoms with Crippen LogP contribution in [0.1, 0.15) is 5.56 Å². The standard InChI is InChI=1S/C12H19N3S/c1-16-12-3-2-11(13)8-10(12)9-15-6-4-14-5-7-15/h2-3,8,14H,4-7,9,13H2,1H3. The van der Waals surface area contributed by atoms with E-state index in [4.69, 9.17) is 5.73 Å². The fraction of sp³-hybridized carbons (Fsp3) is 0.500. The highest BCUT2D eigenvalue weighted by molar-refractivity contribution is 7.98. The van der Waals surface area contributed by atoms with Crippen LogP contribution >= 0.6 is 11.8 Å². The second-order valence-corrected chi connectivity index (χ2v) is 4.95. The first kappa shape index (κ1) is 11.8. The van der Waals surface area contributed by atoms with Crippen LogP contribution < -0.4 is 11.1 Å². The number of benzene rings is 1. The number of hydrogen-bond donors (Lipinski definition) is 2. The Hall–Kier alpha value is -0.710. The number of nitrogens with zero attached hydrogens (tertiary/aromatic N) is 1. The van der Waals surface area contributed by atoms with Crippen molar-refractivity contribution < 1.29 is 0 Å². The minimum Gasteiger partial charge on any atom is -0.399 e. The average Bonchev–Trinajstić information content (AvgIpc) is 2.31. The van der Waals surface area contributed by atoms with Crippen LogP contribution in [0.5, 0.6) is 0 Å². The van der Waals surface area contributed by atoms with Crippen molar-refractivity contribution in [2.45, 2.75) is 11.4 Å². The highest BCUT2D eigenvalue weighted by Gasteiger charge is 2.12. The number of anilines is 1. The summed E-state index contributed by atoms with van der Waals surface area (Å²) in [6.45, 7) is 5.46. The molecule has 1 aliphatic rings. The molecule has 1 aromatic rings. The third kappa shape index (κ3) is 2.90. The molecule has 0 spiro atoms. The van der Waals surface area contributed by atoms with E-state index in [2.05, 4.69) is 28.6 Å². The van der Waals surface area contributed by atoms with Gasteiger partial charge >= 0.3 is 0 Å². The molecule has 2 rings (SSSR count). The monoisotopic (exact) mass is 237 g/mol. The van der Waals surface area contributed by atoms with E-state index in [0.29, 0.717) is 0 Å². The normalized spacial score (nSPS) is 17.6. The zero-order valence-electron chi connectivity index (χ0n) is 9.70. The van der Waals surface area contributed by atoms with E-state index in [1.54, 1.807) is 11.8 Å². The van der Waals surface area contributed by atoms with Gasteiger partial charge in [0.25, 0.3) is 0 Å². The molecule has 0 amide bonds. The van der Waals surface area contributed by atoms with Gasteiger partial charge in [0, 0.05) is 43.3 Å².